The second-order valence-electron chi connectivity index (χ2n) is 3.29. The van der Waals surface area contributed by atoms with Gasteiger partial charge in [-0.3, -0.25) is 4.68 Å². The summed E-state index contributed by atoms with van der Waals surface area (Å²) < 4.78 is 8.24. The van der Waals surface area contributed by atoms with Gasteiger partial charge in [-0.05, 0) is 34.1 Å². The highest BCUT2D eigenvalue weighted by atomic mass is 79.9. The van der Waals surface area contributed by atoms with Crippen molar-refractivity contribution in [2.24, 2.45) is 0 Å². The Bertz CT molecular complexity index is 413. The molecule has 0 aromatic carbocycles. The third-order valence-corrected chi connectivity index (χ3v) is 2.53. The van der Waals surface area contributed by atoms with Crippen molar-refractivity contribution >= 4 is 15.9 Å². The molecule has 0 unspecified atom stereocenters. The Morgan fingerprint density at radius 2 is 2.31 bits per heavy atom. The zero-order chi connectivity index (χ0) is 11.2. The molecule has 2 heterocycles. The molecule has 0 saturated heterocycles. The maximum absolute atomic E-state index is 5.53. The van der Waals surface area contributed by atoms with Crippen LogP contribution in [-0.2, 0) is 6.54 Å². The van der Waals surface area contributed by atoms with E-state index >= 15 is 0 Å². The van der Waals surface area contributed by atoms with Crippen LogP contribution in [0.4, 0.5) is 0 Å². The van der Waals surface area contributed by atoms with Gasteiger partial charge in [0.15, 0.2) is 0 Å². The zero-order valence-electron chi connectivity index (χ0n) is 8.71. The van der Waals surface area contributed by atoms with Crippen LogP contribution < -0.4 is 4.74 Å². The minimum absolute atomic E-state index is 0.670. The molecule has 5 heteroatoms. The summed E-state index contributed by atoms with van der Waals surface area (Å²) in [6, 6.07) is 5.67. The van der Waals surface area contributed by atoms with Crippen molar-refractivity contribution in [3.63, 3.8) is 0 Å². The van der Waals surface area contributed by atoms with Crippen molar-refractivity contribution in [3.05, 3.63) is 41.4 Å². The first kappa shape index (κ1) is 11.1. The maximum atomic E-state index is 5.53. The maximum Gasteiger partial charge on any atom is 0.137 e. The normalized spacial score (nSPS) is 10.3. The molecule has 4 nitrogen and oxygen atoms in total. The first-order valence-corrected chi connectivity index (χ1v) is 5.86. The van der Waals surface area contributed by atoms with Gasteiger partial charge in [0, 0.05) is 25.4 Å². The molecule has 0 aliphatic heterocycles. The highest BCUT2D eigenvalue weighted by molar-refractivity contribution is 9.10. The Hall–Kier alpha value is -1.36. The number of hydrogen-bond donors (Lipinski definition) is 0. The lowest BCUT2D eigenvalue weighted by atomic mass is 10.4. The third kappa shape index (κ3) is 3.34. The van der Waals surface area contributed by atoms with Gasteiger partial charge >= 0.3 is 0 Å². The van der Waals surface area contributed by atoms with Gasteiger partial charge in [0.05, 0.1) is 12.8 Å². The average Bonchev–Trinajstić information content (AvgIpc) is 2.80. The van der Waals surface area contributed by atoms with Gasteiger partial charge in [-0.2, -0.15) is 5.10 Å². The first-order valence-electron chi connectivity index (χ1n) is 5.06. The largest absolute Gasteiger partial charge is 0.492 e. The SMILES string of the molecule is Brc1ccc(OCCCn2cccn2)cn1. The summed E-state index contributed by atoms with van der Waals surface area (Å²) in [5.74, 6) is 0.795. The lowest BCUT2D eigenvalue weighted by molar-refractivity contribution is 0.297. The highest BCUT2D eigenvalue weighted by Gasteiger charge is 1.95. The average molecular weight is 282 g/mol. The number of rotatable bonds is 5. The molecular formula is C11H12BrN3O. The summed E-state index contributed by atoms with van der Waals surface area (Å²) in [6.07, 6.45) is 6.36. The Labute approximate surface area is 102 Å². The molecule has 2 aromatic rings. The van der Waals surface area contributed by atoms with Crippen LogP contribution in [0.15, 0.2) is 41.4 Å². The van der Waals surface area contributed by atoms with E-state index in [1.54, 1.807) is 12.4 Å². The monoisotopic (exact) mass is 281 g/mol. The summed E-state index contributed by atoms with van der Waals surface area (Å²) in [5.41, 5.74) is 0. The number of pyridine rings is 1. The molecule has 84 valence electrons. The van der Waals surface area contributed by atoms with Crippen LogP contribution in [0.1, 0.15) is 6.42 Å². The molecule has 0 N–H and O–H groups in total. The zero-order valence-corrected chi connectivity index (χ0v) is 10.3. The topological polar surface area (TPSA) is 39.9 Å². The van der Waals surface area contributed by atoms with Gasteiger partial charge in [0.2, 0.25) is 0 Å². The summed E-state index contributed by atoms with van der Waals surface area (Å²) in [5, 5.41) is 4.11. The molecule has 0 fully saturated rings. The van der Waals surface area contributed by atoms with E-state index in [-0.39, 0.29) is 0 Å². The number of aromatic nitrogens is 3. The summed E-state index contributed by atoms with van der Waals surface area (Å²) in [4.78, 5) is 4.08. The molecule has 0 aliphatic carbocycles. The van der Waals surface area contributed by atoms with Crippen molar-refractivity contribution in [2.45, 2.75) is 13.0 Å². The van der Waals surface area contributed by atoms with E-state index in [2.05, 4.69) is 26.0 Å². The van der Waals surface area contributed by atoms with E-state index in [1.165, 1.54) is 0 Å². The van der Waals surface area contributed by atoms with E-state index in [0.29, 0.717) is 6.61 Å². The van der Waals surface area contributed by atoms with Crippen LogP contribution in [0.5, 0.6) is 5.75 Å². The van der Waals surface area contributed by atoms with Crippen molar-refractivity contribution in [1.29, 1.82) is 0 Å². The summed E-state index contributed by atoms with van der Waals surface area (Å²) >= 11 is 3.28. The number of halogens is 1. The second-order valence-corrected chi connectivity index (χ2v) is 4.10. The van der Waals surface area contributed by atoms with E-state index in [9.17, 15) is 0 Å². The Kier molecular flexibility index (Phi) is 3.93. The Morgan fingerprint density at radius 1 is 1.38 bits per heavy atom. The number of nitrogens with zero attached hydrogens (tertiary/aromatic N) is 3. The molecule has 16 heavy (non-hydrogen) atoms. The van der Waals surface area contributed by atoms with Crippen molar-refractivity contribution in [2.75, 3.05) is 6.61 Å². The predicted octanol–water partition coefficient (Wildman–Crippen LogP) is 2.51. The van der Waals surface area contributed by atoms with Crippen LogP contribution in [0.3, 0.4) is 0 Å². The van der Waals surface area contributed by atoms with Crippen LogP contribution >= 0.6 is 15.9 Å². The van der Waals surface area contributed by atoms with Crippen LogP contribution in [0.2, 0.25) is 0 Å². The molecular weight excluding hydrogens is 270 g/mol. The Morgan fingerprint density at radius 3 is 3.00 bits per heavy atom. The van der Waals surface area contributed by atoms with E-state index < -0.39 is 0 Å². The number of aryl methyl sites for hydroxylation is 1. The van der Waals surface area contributed by atoms with Crippen molar-refractivity contribution in [3.8, 4) is 5.75 Å². The molecule has 0 bridgehead atoms. The van der Waals surface area contributed by atoms with Gasteiger partial charge in [-0.15, -0.1) is 0 Å². The molecule has 0 saturated carbocycles. The Balaban J connectivity index is 1.70. The lowest BCUT2D eigenvalue weighted by Crippen LogP contribution is -2.04. The molecule has 0 spiro atoms. The summed E-state index contributed by atoms with van der Waals surface area (Å²) in [7, 11) is 0. The number of ether oxygens (including phenoxy) is 1. The van der Waals surface area contributed by atoms with Crippen LogP contribution in [0.25, 0.3) is 0 Å². The standard InChI is InChI=1S/C11H12BrN3O/c12-11-4-3-10(9-13-11)16-8-2-7-15-6-1-5-14-15/h1,3-6,9H,2,7-8H2. The second kappa shape index (κ2) is 5.65. The van der Waals surface area contributed by atoms with Gasteiger partial charge in [-0.1, -0.05) is 0 Å². The third-order valence-electron chi connectivity index (χ3n) is 2.06. The van der Waals surface area contributed by atoms with Crippen molar-refractivity contribution in [1.82, 2.24) is 14.8 Å². The molecule has 0 radical (unpaired) electrons. The molecule has 0 aliphatic rings. The fourth-order valence-corrected chi connectivity index (χ4v) is 1.53. The smallest absolute Gasteiger partial charge is 0.137 e. The predicted molar refractivity (Wildman–Crippen MR) is 64.3 cm³/mol. The molecule has 0 amide bonds. The van der Waals surface area contributed by atoms with Crippen molar-refractivity contribution < 1.29 is 4.74 Å². The fraction of sp³-hybridized carbons (Fsp3) is 0.273. The van der Waals surface area contributed by atoms with E-state index in [1.807, 2.05) is 29.1 Å². The molecule has 0 atom stereocenters. The van der Waals surface area contributed by atoms with E-state index in [4.69, 9.17) is 4.74 Å². The van der Waals surface area contributed by atoms with Gasteiger partial charge in [0.1, 0.15) is 10.4 Å². The van der Waals surface area contributed by atoms with Crippen LogP contribution in [-0.4, -0.2) is 21.4 Å². The lowest BCUT2D eigenvalue weighted by Gasteiger charge is -2.05. The first-order chi connectivity index (χ1) is 7.84. The van der Waals surface area contributed by atoms with Gasteiger partial charge in [-0.25, -0.2) is 4.98 Å². The number of hydrogen-bond acceptors (Lipinski definition) is 3. The van der Waals surface area contributed by atoms with Gasteiger partial charge < -0.3 is 4.74 Å². The van der Waals surface area contributed by atoms with E-state index in [0.717, 1.165) is 23.3 Å². The van der Waals surface area contributed by atoms with Crippen LogP contribution in [0, 0.1) is 0 Å². The minimum atomic E-state index is 0.670. The quantitative estimate of drug-likeness (QED) is 0.625. The minimum Gasteiger partial charge on any atom is -0.492 e. The van der Waals surface area contributed by atoms with Gasteiger partial charge in [0.25, 0.3) is 0 Å². The fourth-order valence-electron chi connectivity index (χ4n) is 1.30. The molecule has 2 rings (SSSR count). The molecule has 2 aromatic heterocycles. The summed E-state index contributed by atoms with van der Waals surface area (Å²) in [6.45, 7) is 1.54. The highest BCUT2D eigenvalue weighted by Crippen LogP contribution is 2.12.